The summed E-state index contributed by atoms with van der Waals surface area (Å²) in [6.45, 7) is 5.05. The van der Waals surface area contributed by atoms with Crippen LogP contribution in [-0.2, 0) is 7.05 Å². The second-order valence-corrected chi connectivity index (χ2v) is 6.23. The average Bonchev–Trinajstić information content (AvgIpc) is 3.10. The van der Waals surface area contributed by atoms with Gasteiger partial charge in [-0.2, -0.15) is 0 Å². The summed E-state index contributed by atoms with van der Waals surface area (Å²) in [5, 5.41) is 11.3. The van der Waals surface area contributed by atoms with Gasteiger partial charge in [0.05, 0.1) is 0 Å². The van der Waals surface area contributed by atoms with Crippen LogP contribution in [0.15, 0.2) is 30.6 Å². The second kappa shape index (κ2) is 6.02. The highest BCUT2D eigenvalue weighted by atomic mass is 16.6. The predicted octanol–water partition coefficient (Wildman–Crippen LogP) is 3.41. The minimum atomic E-state index is -0.388. The van der Waals surface area contributed by atoms with E-state index in [1.54, 1.807) is 4.57 Å². The van der Waals surface area contributed by atoms with E-state index in [1.165, 1.54) is 17.5 Å². The predicted molar refractivity (Wildman–Crippen MR) is 89.8 cm³/mol. The van der Waals surface area contributed by atoms with Crippen LogP contribution in [0.4, 0.5) is 11.6 Å². The van der Waals surface area contributed by atoms with Gasteiger partial charge in [0, 0.05) is 25.6 Å². The van der Waals surface area contributed by atoms with E-state index in [0.717, 1.165) is 19.4 Å². The van der Waals surface area contributed by atoms with Gasteiger partial charge in [0.25, 0.3) is 0 Å². The molecule has 0 N–H and O–H groups in total. The van der Waals surface area contributed by atoms with Crippen molar-refractivity contribution >= 4 is 11.6 Å². The molecule has 0 spiro atoms. The van der Waals surface area contributed by atoms with Gasteiger partial charge in [0.1, 0.15) is 0 Å². The van der Waals surface area contributed by atoms with Crippen LogP contribution in [0, 0.1) is 17.0 Å². The lowest BCUT2D eigenvalue weighted by Crippen LogP contribution is -2.33. The average molecular weight is 314 g/mol. The number of hydrogen-bond acceptors (Lipinski definition) is 4. The van der Waals surface area contributed by atoms with Crippen molar-refractivity contribution < 1.29 is 4.92 Å². The van der Waals surface area contributed by atoms with E-state index in [4.69, 9.17) is 0 Å². The summed E-state index contributed by atoms with van der Waals surface area (Å²) in [5.74, 6) is 0.974. The van der Waals surface area contributed by atoms with Crippen LogP contribution in [0.3, 0.4) is 0 Å². The molecule has 3 rings (SSSR count). The van der Waals surface area contributed by atoms with Crippen molar-refractivity contribution in [2.24, 2.45) is 7.05 Å². The van der Waals surface area contributed by atoms with Gasteiger partial charge in [0.2, 0.25) is 12.1 Å². The Kier molecular flexibility index (Phi) is 4.07. The van der Waals surface area contributed by atoms with Crippen molar-refractivity contribution in [2.75, 3.05) is 11.4 Å². The number of hydrogen-bond donors (Lipinski definition) is 0. The molecule has 0 radical (unpaired) electrons. The summed E-state index contributed by atoms with van der Waals surface area (Å²) in [5.41, 5.74) is 2.56. The van der Waals surface area contributed by atoms with E-state index in [1.807, 2.05) is 7.05 Å². The molecule has 0 saturated carbocycles. The van der Waals surface area contributed by atoms with Crippen LogP contribution in [0.5, 0.6) is 0 Å². The summed E-state index contributed by atoms with van der Waals surface area (Å²) in [7, 11) is 1.82. The third-order valence-electron chi connectivity index (χ3n) is 4.80. The second-order valence-electron chi connectivity index (χ2n) is 6.23. The SMILES string of the molecule is CC[C@H]1[C@@H](c2ccc(C)cc2)CCN1c1c([N+](=O)[O-])ncn1C. The number of anilines is 1. The molecule has 0 aliphatic carbocycles. The maximum atomic E-state index is 11.3. The molecule has 1 saturated heterocycles. The fraction of sp³-hybridized carbons (Fsp3) is 0.471. The first-order valence-corrected chi connectivity index (χ1v) is 8.01. The number of benzene rings is 1. The number of nitrogens with zero attached hydrogens (tertiary/aromatic N) is 4. The zero-order chi connectivity index (χ0) is 16.6. The smallest absolute Gasteiger partial charge is 0.358 e. The highest BCUT2D eigenvalue weighted by Gasteiger charge is 2.39. The molecule has 6 heteroatoms. The zero-order valence-corrected chi connectivity index (χ0v) is 13.8. The third kappa shape index (κ3) is 2.69. The Hall–Kier alpha value is -2.37. The fourth-order valence-corrected chi connectivity index (χ4v) is 3.70. The minimum Gasteiger partial charge on any atom is -0.358 e. The van der Waals surface area contributed by atoms with Gasteiger partial charge in [-0.05, 0) is 35.2 Å². The molecular formula is C17H22N4O2. The molecule has 122 valence electrons. The molecule has 0 amide bonds. The first-order valence-electron chi connectivity index (χ1n) is 8.01. The van der Waals surface area contributed by atoms with Gasteiger partial charge in [-0.15, -0.1) is 0 Å². The summed E-state index contributed by atoms with van der Waals surface area (Å²) in [6, 6.07) is 8.90. The van der Waals surface area contributed by atoms with Crippen LogP contribution in [0.25, 0.3) is 0 Å². The largest absolute Gasteiger partial charge is 0.406 e. The zero-order valence-electron chi connectivity index (χ0n) is 13.8. The summed E-state index contributed by atoms with van der Waals surface area (Å²) >= 11 is 0. The maximum absolute atomic E-state index is 11.3. The lowest BCUT2D eigenvalue weighted by molar-refractivity contribution is -0.388. The summed E-state index contributed by atoms with van der Waals surface area (Å²) in [4.78, 5) is 17.0. The number of imidazole rings is 1. The van der Waals surface area contributed by atoms with E-state index in [0.29, 0.717) is 11.7 Å². The van der Waals surface area contributed by atoms with Crippen LogP contribution in [0.2, 0.25) is 0 Å². The van der Waals surface area contributed by atoms with E-state index in [9.17, 15) is 10.1 Å². The normalized spacial score (nSPS) is 20.9. The molecule has 2 aromatic rings. The van der Waals surface area contributed by atoms with Crippen molar-refractivity contribution in [1.29, 1.82) is 0 Å². The molecule has 6 nitrogen and oxygen atoms in total. The van der Waals surface area contributed by atoms with Gasteiger partial charge in [-0.25, -0.2) is 0 Å². The summed E-state index contributed by atoms with van der Waals surface area (Å²) in [6.07, 6.45) is 3.48. The quantitative estimate of drug-likeness (QED) is 0.641. The maximum Gasteiger partial charge on any atom is 0.406 e. The molecule has 1 aromatic heterocycles. The Morgan fingerprint density at radius 3 is 2.65 bits per heavy atom. The molecule has 0 unspecified atom stereocenters. The molecule has 1 aliphatic rings. The van der Waals surface area contributed by atoms with Crippen molar-refractivity contribution in [2.45, 2.75) is 38.6 Å². The number of nitro groups is 1. The van der Waals surface area contributed by atoms with Crippen LogP contribution in [-0.4, -0.2) is 27.1 Å². The van der Waals surface area contributed by atoms with E-state index in [2.05, 4.69) is 48.0 Å². The van der Waals surface area contributed by atoms with Crippen molar-refractivity contribution in [3.63, 3.8) is 0 Å². The molecule has 2 heterocycles. The minimum absolute atomic E-state index is 0.0458. The van der Waals surface area contributed by atoms with E-state index in [-0.39, 0.29) is 16.8 Å². The molecule has 2 atom stereocenters. The van der Waals surface area contributed by atoms with Crippen LogP contribution >= 0.6 is 0 Å². The Morgan fingerprint density at radius 2 is 2.04 bits per heavy atom. The first kappa shape index (κ1) is 15.5. The van der Waals surface area contributed by atoms with E-state index < -0.39 is 0 Å². The number of rotatable bonds is 4. The highest BCUT2D eigenvalue weighted by Crippen LogP contribution is 2.40. The Morgan fingerprint density at radius 1 is 1.35 bits per heavy atom. The van der Waals surface area contributed by atoms with Crippen molar-refractivity contribution in [3.05, 3.63) is 51.8 Å². The fourth-order valence-electron chi connectivity index (χ4n) is 3.70. The highest BCUT2D eigenvalue weighted by molar-refractivity contribution is 5.57. The summed E-state index contributed by atoms with van der Waals surface area (Å²) < 4.78 is 1.76. The van der Waals surface area contributed by atoms with Gasteiger partial charge in [-0.1, -0.05) is 36.8 Å². The Labute approximate surface area is 135 Å². The van der Waals surface area contributed by atoms with Crippen molar-refractivity contribution in [3.8, 4) is 0 Å². The molecule has 23 heavy (non-hydrogen) atoms. The van der Waals surface area contributed by atoms with E-state index >= 15 is 0 Å². The molecule has 1 aromatic carbocycles. The van der Waals surface area contributed by atoms with Gasteiger partial charge in [-0.3, -0.25) is 4.57 Å². The Bertz CT molecular complexity index is 708. The Balaban J connectivity index is 1.95. The number of aromatic nitrogens is 2. The molecule has 0 bridgehead atoms. The topological polar surface area (TPSA) is 64.2 Å². The van der Waals surface area contributed by atoms with Crippen molar-refractivity contribution in [1.82, 2.24) is 9.55 Å². The number of aryl methyl sites for hydroxylation is 2. The first-order chi connectivity index (χ1) is 11.0. The van der Waals surface area contributed by atoms with Crippen LogP contribution < -0.4 is 4.90 Å². The lowest BCUT2D eigenvalue weighted by atomic mass is 9.90. The van der Waals surface area contributed by atoms with Gasteiger partial charge in [0.15, 0.2) is 0 Å². The third-order valence-corrected chi connectivity index (χ3v) is 4.80. The standard InChI is InChI=1S/C17H22N4O2/c1-4-15-14(13-7-5-12(2)6-8-13)9-10-20(15)17-16(21(22)23)18-11-19(17)3/h5-8,11,14-15H,4,9-10H2,1-3H3/t14-,15+/m1/s1. The molecular weight excluding hydrogens is 292 g/mol. The van der Waals surface area contributed by atoms with Crippen LogP contribution in [0.1, 0.15) is 36.8 Å². The monoisotopic (exact) mass is 314 g/mol. The van der Waals surface area contributed by atoms with Gasteiger partial charge >= 0.3 is 5.82 Å². The molecule has 1 fully saturated rings. The lowest BCUT2D eigenvalue weighted by Gasteiger charge is -2.28. The molecule has 1 aliphatic heterocycles. The van der Waals surface area contributed by atoms with Gasteiger partial charge < -0.3 is 15.0 Å².